The van der Waals surface area contributed by atoms with Crippen LogP contribution in [0.3, 0.4) is 0 Å². The summed E-state index contributed by atoms with van der Waals surface area (Å²) in [5.41, 5.74) is 0.0240. The second kappa shape index (κ2) is 4.45. The van der Waals surface area contributed by atoms with E-state index < -0.39 is 5.97 Å². The van der Waals surface area contributed by atoms with Crippen molar-refractivity contribution in [3.63, 3.8) is 0 Å². The molecule has 1 aromatic heterocycles. The first-order valence-electron chi connectivity index (χ1n) is 4.09. The van der Waals surface area contributed by atoms with Crippen LogP contribution >= 0.6 is 0 Å². The smallest absolute Gasteiger partial charge is 0.356 e. The normalized spacial score (nSPS) is 9.57. The summed E-state index contributed by atoms with van der Waals surface area (Å²) in [6.07, 6.45) is 0. The lowest BCUT2D eigenvalue weighted by Gasteiger charge is -2.04. The molecule has 0 unspecified atom stereocenters. The van der Waals surface area contributed by atoms with E-state index in [-0.39, 0.29) is 11.6 Å². The summed E-state index contributed by atoms with van der Waals surface area (Å²) in [6.45, 7) is 2.25. The van der Waals surface area contributed by atoms with Crippen molar-refractivity contribution in [3.05, 3.63) is 17.8 Å². The predicted molar refractivity (Wildman–Crippen MR) is 48.4 cm³/mol. The molecular formula is C9H11NO4. The van der Waals surface area contributed by atoms with Gasteiger partial charge < -0.3 is 14.6 Å². The van der Waals surface area contributed by atoms with Crippen LogP contribution in [0.4, 0.5) is 0 Å². The third-order valence-corrected chi connectivity index (χ3v) is 1.49. The van der Waals surface area contributed by atoms with Gasteiger partial charge in [-0.1, -0.05) is 0 Å². The largest absolute Gasteiger partial charge is 0.494 e. The Morgan fingerprint density at radius 1 is 1.57 bits per heavy atom. The first kappa shape index (κ1) is 10.3. The second-order valence-corrected chi connectivity index (χ2v) is 2.47. The lowest BCUT2D eigenvalue weighted by molar-refractivity contribution is 0.0592. The molecule has 0 bridgehead atoms. The van der Waals surface area contributed by atoms with E-state index in [0.29, 0.717) is 12.4 Å². The average molecular weight is 197 g/mol. The number of aromatic hydroxyl groups is 1. The highest BCUT2D eigenvalue weighted by Crippen LogP contribution is 2.18. The molecule has 1 rings (SSSR count). The van der Waals surface area contributed by atoms with Crippen molar-refractivity contribution >= 4 is 5.97 Å². The topological polar surface area (TPSA) is 68.7 Å². The first-order chi connectivity index (χ1) is 6.67. The maximum Gasteiger partial charge on any atom is 0.356 e. The standard InChI is InChI=1S/C9H11NO4/c1-3-14-6-4-7(9(12)13-2)10-8(11)5-6/h4-5H,3H2,1-2H3,(H,10,11). The SMILES string of the molecule is CCOc1cc(O)nc(C(=O)OC)c1. The Bertz CT molecular complexity index is 338. The van der Waals surface area contributed by atoms with Crippen molar-refractivity contribution in [1.82, 2.24) is 4.98 Å². The Kier molecular flexibility index (Phi) is 3.28. The molecule has 0 saturated carbocycles. The predicted octanol–water partition coefficient (Wildman–Crippen LogP) is 0.972. The number of aromatic nitrogens is 1. The molecule has 5 nitrogen and oxygen atoms in total. The van der Waals surface area contributed by atoms with E-state index in [2.05, 4.69) is 9.72 Å². The van der Waals surface area contributed by atoms with Gasteiger partial charge in [0.15, 0.2) is 5.69 Å². The molecule has 0 aliphatic heterocycles. The van der Waals surface area contributed by atoms with E-state index in [0.717, 1.165) is 0 Å². The summed E-state index contributed by atoms with van der Waals surface area (Å²) in [6, 6.07) is 2.74. The van der Waals surface area contributed by atoms with Gasteiger partial charge in [0.2, 0.25) is 5.88 Å². The molecule has 0 aliphatic rings. The number of ether oxygens (including phenoxy) is 2. The Morgan fingerprint density at radius 3 is 2.86 bits per heavy atom. The minimum atomic E-state index is -0.609. The van der Waals surface area contributed by atoms with Gasteiger partial charge in [-0.05, 0) is 6.92 Å². The molecule has 1 aromatic rings. The average Bonchev–Trinajstić information content (AvgIpc) is 2.16. The Morgan fingerprint density at radius 2 is 2.29 bits per heavy atom. The zero-order valence-electron chi connectivity index (χ0n) is 7.98. The quantitative estimate of drug-likeness (QED) is 0.731. The molecule has 0 saturated heterocycles. The molecule has 0 radical (unpaired) electrons. The number of rotatable bonds is 3. The van der Waals surface area contributed by atoms with Crippen LogP contribution in [-0.2, 0) is 4.74 Å². The fourth-order valence-corrected chi connectivity index (χ4v) is 0.951. The van der Waals surface area contributed by atoms with Crippen LogP contribution in [0, 0.1) is 0 Å². The van der Waals surface area contributed by atoms with Crippen LogP contribution < -0.4 is 4.74 Å². The lowest BCUT2D eigenvalue weighted by Crippen LogP contribution is -2.04. The molecular weight excluding hydrogens is 186 g/mol. The first-order valence-corrected chi connectivity index (χ1v) is 4.09. The third-order valence-electron chi connectivity index (χ3n) is 1.49. The molecule has 0 amide bonds. The van der Waals surface area contributed by atoms with Gasteiger partial charge >= 0.3 is 5.97 Å². The Balaban J connectivity index is 3.00. The van der Waals surface area contributed by atoms with Crippen LogP contribution in [0.5, 0.6) is 11.6 Å². The number of nitrogens with zero attached hydrogens (tertiary/aromatic N) is 1. The van der Waals surface area contributed by atoms with Crippen molar-refractivity contribution in [3.8, 4) is 11.6 Å². The van der Waals surface area contributed by atoms with Gasteiger partial charge in [-0.3, -0.25) is 0 Å². The van der Waals surface area contributed by atoms with Crippen LogP contribution in [0.25, 0.3) is 0 Å². The summed E-state index contributed by atoms with van der Waals surface area (Å²) in [4.78, 5) is 14.7. The van der Waals surface area contributed by atoms with Crippen LogP contribution in [0.1, 0.15) is 17.4 Å². The number of esters is 1. The number of methoxy groups -OCH3 is 1. The summed E-state index contributed by atoms with van der Waals surface area (Å²) in [5.74, 6) is -0.487. The number of carbonyl (C=O) groups excluding carboxylic acids is 1. The van der Waals surface area contributed by atoms with E-state index >= 15 is 0 Å². The molecule has 76 valence electrons. The van der Waals surface area contributed by atoms with E-state index in [1.165, 1.54) is 19.2 Å². The second-order valence-electron chi connectivity index (χ2n) is 2.47. The zero-order valence-corrected chi connectivity index (χ0v) is 7.98. The molecule has 0 atom stereocenters. The maximum absolute atomic E-state index is 11.1. The monoisotopic (exact) mass is 197 g/mol. The van der Waals surface area contributed by atoms with E-state index in [9.17, 15) is 4.79 Å². The molecule has 0 fully saturated rings. The van der Waals surface area contributed by atoms with Gasteiger partial charge in [-0.2, -0.15) is 0 Å². The summed E-state index contributed by atoms with van der Waals surface area (Å²) in [5, 5.41) is 9.17. The molecule has 1 heterocycles. The minimum Gasteiger partial charge on any atom is -0.494 e. The number of hydrogen-bond acceptors (Lipinski definition) is 5. The van der Waals surface area contributed by atoms with Crippen LogP contribution in [-0.4, -0.2) is 29.8 Å². The van der Waals surface area contributed by atoms with Crippen LogP contribution in [0.15, 0.2) is 12.1 Å². The highest BCUT2D eigenvalue weighted by molar-refractivity contribution is 5.87. The fraction of sp³-hybridized carbons (Fsp3) is 0.333. The summed E-state index contributed by atoms with van der Waals surface area (Å²) >= 11 is 0. The molecule has 5 heteroatoms. The van der Waals surface area contributed by atoms with Crippen molar-refractivity contribution in [2.24, 2.45) is 0 Å². The lowest BCUT2D eigenvalue weighted by atomic mass is 10.3. The van der Waals surface area contributed by atoms with Gasteiger partial charge in [0.1, 0.15) is 5.75 Å². The molecule has 0 aliphatic carbocycles. The highest BCUT2D eigenvalue weighted by atomic mass is 16.5. The van der Waals surface area contributed by atoms with Gasteiger partial charge in [0, 0.05) is 12.1 Å². The van der Waals surface area contributed by atoms with E-state index in [1.54, 1.807) is 6.92 Å². The van der Waals surface area contributed by atoms with Gasteiger partial charge in [-0.25, -0.2) is 9.78 Å². The molecule has 0 aromatic carbocycles. The zero-order chi connectivity index (χ0) is 10.6. The Labute approximate surface area is 81.3 Å². The van der Waals surface area contributed by atoms with E-state index in [4.69, 9.17) is 9.84 Å². The van der Waals surface area contributed by atoms with Gasteiger partial charge in [0.05, 0.1) is 13.7 Å². The van der Waals surface area contributed by atoms with Crippen molar-refractivity contribution in [2.45, 2.75) is 6.92 Å². The maximum atomic E-state index is 11.1. The number of pyridine rings is 1. The molecule has 14 heavy (non-hydrogen) atoms. The van der Waals surface area contributed by atoms with E-state index in [1.807, 2.05) is 0 Å². The molecule has 1 N–H and O–H groups in total. The summed E-state index contributed by atoms with van der Waals surface area (Å²) in [7, 11) is 1.24. The highest BCUT2D eigenvalue weighted by Gasteiger charge is 2.10. The van der Waals surface area contributed by atoms with Crippen molar-refractivity contribution in [1.29, 1.82) is 0 Å². The Hall–Kier alpha value is -1.78. The number of hydrogen-bond donors (Lipinski definition) is 1. The third kappa shape index (κ3) is 2.35. The minimum absolute atomic E-state index is 0.0240. The molecule has 0 spiro atoms. The fourth-order valence-electron chi connectivity index (χ4n) is 0.951. The van der Waals surface area contributed by atoms with Gasteiger partial charge in [0.25, 0.3) is 0 Å². The van der Waals surface area contributed by atoms with Crippen LogP contribution in [0.2, 0.25) is 0 Å². The van der Waals surface area contributed by atoms with Gasteiger partial charge in [-0.15, -0.1) is 0 Å². The van der Waals surface area contributed by atoms with Crippen molar-refractivity contribution < 1.29 is 19.4 Å². The van der Waals surface area contributed by atoms with Crippen molar-refractivity contribution in [2.75, 3.05) is 13.7 Å². The summed E-state index contributed by atoms with van der Waals surface area (Å²) < 4.78 is 9.57. The number of carbonyl (C=O) groups is 1.